The fraction of sp³-hybridized carbons (Fsp3) is 0.462. The molecule has 0 heterocycles. The van der Waals surface area contributed by atoms with Crippen molar-refractivity contribution in [2.45, 2.75) is 33.3 Å². The van der Waals surface area contributed by atoms with Gasteiger partial charge in [-0.2, -0.15) is 0 Å². The molecule has 1 amide bonds. The molecule has 0 radical (unpaired) electrons. The van der Waals surface area contributed by atoms with Crippen LogP contribution in [0.4, 0.5) is 5.69 Å². The number of hydrogen-bond donors (Lipinski definition) is 2. The lowest BCUT2D eigenvalue weighted by Crippen LogP contribution is -2.16. The van der Waals surface area contributed by atoms with Crippen molar-refractivity contribution in [2.24, 2.45) is 5.73 Å². The molecular weight excluding hydrogens is 216 g/mol. The molecule has 0 saturated carbocycles. The molecule has 0 unspecified atom stereocenters. The monoisotopic (exact) mass is 236 g/mol. The van der Waals surface area contributed by atoms with Crippen LogP contribution in [0.25, 0.3) is 0 Å². The number of nitrogens with one attached hydrogen (secondary N) is 1. The average Bonchev–Trinajstić information content (AvgIpc) is 2.22. The number of aryl methyl sites for hydroxylation is 1. The highest BCUT2D eigenvalue weighted by atomic mass is 16.5. The molecule has 1 aromatic carbocycles. The lowest BCUT2D eigenvalue weighted by atomic mass is 10.2. The Bertz CT molecular complexity index is 389. The molecule has 0 saturated heterocycles. The van der Waals surface area contributed by atoms with Gasteiger partial charge in [0.2, 0.25) is 5.91 Å². The zero-order chi connectivity index (χ0) is 12.8. The number of hydrogen-bond acceptors (Lipinski definition) is 3. The van der Waals surface area contributed by atoms with Crippen LogP contribution in [-0.4, -0.2) is 18.6 Å². The second kappa shape index (κ2) is 6.25. The van der Waals surface area contributed by atoms with Gasteiger partial charge < -0.3 is 15.8 Å². The summed E-state index contributed by atoms with van der Waals surface area (Å²) in [7, 11) is 0. The summed E-state index contributed by atoms with van der Waals surface area (Å²) >= 11 is 0. The standard InChI is InChI=1S/C13H20N2O2/c1-9(2)17-12-5-4-11(8-10(12)3)15-13(16)6-7-14/h4-5,8-9H,6-7,14H2,1-3H3,(H,15,16). The molecule has 4 heteroatoms. The molecule has 4 nitrogen and oxygen atoms in total. The molecule has 3 N–H and O–H groups in total. The second-order valence-corrected chi connectivity index (χ2v) is 4.23. The molecule has 94 valence electrons. The minimum absolute atomic E-state index is 0.0653. The SMILES string of the molecule is Cc1cc(NC(=O)CCN)ccc1OC(C)C. The first-order valence-corrected chi connectivity index (χ1v) is 5.80. The zero-order valence-electron chi connectivity index (χ0n) is 10.6. The van der Waals surface area contributed by atoms with Crippen molar-refractivity contribution in [3.05, 3.63) is 23.8 Å². The summed E-state index contributed by atoms with van der Waals surface area (Å²) in [5.41, 5.74) is 7.09. The Labute approximate surface area is 102 Å². The van der Waals surface area contributed by atoms with Gasteiger partial charge in [0.1, 0.15) is 5.75 Å². The van der Waals surface area contributed by atoms with Crippen molar-refractivity contribution in [2.75, 3.05) is 11.9 Å². The Morgan fingerprint density at radius 1 is 1.47 bits per heavy atom. The molecule has 1 aromatic rings. The second-order valence-electron chi connectivity index (χ2n) is 4.23. The van der Waals surface area contributed by atoms with E-state index in [4.69, 9.17) is 10.5 Å². The molecule has 0 spiro atoms. The molecule has 0 atom stereocenters. The van der Waals surface area contributed by atoms with E-state index < -0.39 is 0 Å². The molecule has 0 aromatic heterocycles. The highest BCUT2D eigenvalue weighted by molar-refractivity contribution is 5.91. The van der Waals surface area contributed by atoms with Crippen LogP contribution in [0.15, 0.2) is 18.2 Å². The fourth-order valence-corrected chi connectivity index (χ4v) is 1.47. The third-order valence-corrected chi connectivity index (χ3v) is 2.19. The van der Waals surface area contributed by atoms with Gasteiger partial charge in [-0.25, -0.2) is 0 Å². The smallest absolute Gasteiger partial charge is 0.225 e. The fourth-order valence-electron chi connectivity index (χ4n) is 1.47. The molecule has 17 heavy (non-hydrogen) atoms. The van der Waals surface area contributed by atoms with E-state index in [0.29, 0.717) is 13.0 Å². The summed E-state index contributed by atoms with van der Waals surface area (Å²) < 4.78 is 5.62. The van der Waals surface area contributed by atoms with Gasteiger partial charge in [-0.05, 0) is 44.5 Å². The van der Waals surface area contributed by atoms with Gasteiger partial charge >= 0.3 is 0 Å². The van der Waals surface area contributed by atoms with Crippen LogP contribution in [-0.2, 0) is 4.79 Å². The zero-order valence-corrected chi connectivity index (χ0v) is 10.6. The number of ether oxygens (including phenoxy) is 1. The first-order valence-electron chi connectivity index (χ1n) is 5.80. The van der Waals surface area contributed by atoms with E-state index in [9.17, 15) is 4.79 Å². The number of rotatable bonds is 5. The number of carbonyl (C=O) groups is 1. The Morgan fingerprint density at radius 2 is 2.18 bits per heavy atom. The number of benzene rings is 1. The van der Waals surface area contributed by atoms with E-state index in [1.807, 2.05) is 39.0 Å². The maximum Gasteiger partial charge on any atom is 0.225 e. The Balaban J connectivity index is 2.71. The maximum atomic E-state index is 11.4. The maximum absolute atomic E-state index is 11.4. The van der Waals surface area contributed by atoms with Crippen molar-refractivity contribution in [3.63, 3.8) is 0 Å². The van der Waals surface area contributed by atoms with Gasteiger partial charge in [-0.3, -0.25) is 4.79 Å². The summed E-state index contributed by atoms with van der Waals surface area (Å²) in [4.78, 5) is 11.4. The Morgan fingerprint density at radius 3 is 2.71 bits per heavy atom. The van der Waals surface area contributed by atoms with E-state index in [2.05, 4.69) is 5.32 Å². The summed E-state index contributed by atoms with van der Waals surface area (Å²) in [5.74, 6) is 0.779. The Kier molecular flexibility index (Phi) is 4.97. The molecule has 0 fully saturated rings. The molecule has 0 bridgehead atoms. The average molecular weight is 236 g/mol. The van der Waals surface area contributed by atoms with Gasteiger partial charge in [-0.1, -0.05) is 0 Å². The first-order chi connectivity index (χ1) is 8.02. The highest BCUT2D eigenvalue weighted by Crippen LogP contribution is 2.22. The van der Waals surface area contributed by atoms with Crippen LogP contribution in [0, 0.1) is 6.92 Å². The van der Waals surface area contributed by atoms with Gasteiger partial charge in [0, 0.05) is 18.7 Å². The van der Waals surface area contributed by atoms with E-state index in [0.717, 1.165) is 17.0 Å². The molecule has 1 rings (SSSR count). The predicted octanol–water partition coefficient (Wildman–Crippen LogP) is 2.07. The van der Waals surface area contributed by atoms with Crippen molar-refractivity contribution in [3.8, 4) is 5.75 Å². The van der Waals surface area contributed by atoms with Gasteiger partial charge in [-0.15, -0.1) is 0 Å². The van der Waals surface area contributed by atoms with Crippen LogP contribution in [0.5, 0.6) is 5.75 Å². The lowest BCUT2D eigenvalue weighted by molar-refractivity contribution is -0.116. The third kappa shape index (κ3) is 4.44. The third-order valence-electron chi connectivity index (χ3n) is 2.19. The lowest BCUT2D eigenvalue weighted by Gasteiger charge is -2.13. The van der Waals surface area contributed by atoms with E-state index in [1.165, 1.54) is 0 Å². The number of carbonyl (C=O) groups excluding carboxylic acids is 1. The minimum atomic E-state index is -0.0653. The molecule has 0 aliphatic heterocycles. The van der Waals surface area contributed by atoms with Crippen molar-refractivity contribution >= 4 is 11.6 Å². The van der Waals surface area contributed by atoms with Crippen LogP contribution in [0.1, 0.15) is 25.8 Å². The van der Waals surface area contributed by atoms with Crippen LogP contribution in [0.2, 0.25) is 0 Å². The van der Waals surface area contributed by atoms with E-state index in [-0.39, 0.29) is 12.0 Å². The topological polar surface area (TPSA) is 64.4 Å². The van der Waals surface area contributed by atoms with Crippen molar-refractivity contribution in [1.82, 2.24) is 0 Å². The van der Waals surface area contributed by atoms with Crippen LogP contribution < -0.4 is 15.8 Å². The van der Waals surface area contributed by atoms with E-state index >= 15 is 0 Å². The summed E-state index contributed by atoms with van der Waals surface area (Å²) in [6, 6.07) is 5.60. The van der Waals surface area contributed by atoms with Gasteiger partial charge in [0.15, 0.2) is 0 Å². The molecule has 0 aliphatic carbocycles. The summed E-state index contributed by atoms with van der Waals surface area (Å²) in [6.45, 7) is 6.28. The first kappa shape index (κ1) is 13.5. The van der Waals surface area contributed by atoms with Crippen molar-refractivity contribution < 1.29 is 9.53 Å². The van der Waals surface area contributed by atoms with Gasteiger partial charge in [0.05, 0.1) is 6.10 Å². The Hall–Kier alpha value is -1.55. The molecular formula is C13H20N2O2. The quantitative estimate of drug-likeness (QED) is 0.822. The summed E-state index contributed by atoms with van der Waals surface area (Å²) in [5, 5.41) is 2.79. The largest absolute Gasteiger partial charge is 0.491 e. The van der Waals surface area contributed by atoms with Gasteiger partial charge in [0.25, 0.3) is 0 Å². The minimum Gasteiger partial charge on any atom is -0.491 e. The predicted molar refractivity (Wildman–Crippen MR) is 69.2 cm³/mol. The normalized spacial score (nSPS) is 10.4. The van der Waals surface area contributed by atoms with Crippen LogP contribution >= 0.6 is 0 Å². The van der Waals surface area contributed by atoms with Crippen molar-refractivity contribution in [1.29, 1.82) is 0 Å². The number of anilines is 1. The van der Waals surface area contributed by atoms with E-state index in [1.54, 1.807) is 0 Å². The number of amides is 1. The molecule has 0 aliphatic rings. The summed E-state index contributed by atoms with van der Waals surface area (Å²) in [6.07, 6.45) is 0.481. The highest BCUT2D eigenvalue weighted by Gasteiger charge is 2.05. The van der Waals surface area contributed by atoms with Crippen LogP contribution in [0.3, 0.4) is 0 Å². The number of nitrogens with two attached hydrogens (primary N) is 1.